The number of ether oxygens (including phenoxy) is 1. The fraction of sp³-hybridized carbons (Fsp3) is 0. The van der Waals surface area contributed by atoms with Gasteiger partial charge in [-0.25, -0.2) is 9.97 Å². The van der Waals surface area contributed by atoms with Crippen molar-refractivity contribution in [3.63, 3.8) is 0 Å². The summed E-state index contributed by atoms with van der Waals surface area (Å²) >= 11 is 0. The van der Waals surface area contributed by atoms with E-state index in [1.807, 2.05) is 24.3 Å². The Morgan fingerprint density at radius 1 is 1.00 bits per heavy atom. The van der Waals surface area contributed by atoms with Crippen molar-refractivity contribution in [2.24, 2.45) is 0 Å². The Bertz CT molecular complexity index is 700. The van der Waals surface area contributed by atoms with Gasteiger partial charge in [-0.3, -0.25) is 0 Å². The summed E-state index contributed by atoms with van der Waals surface area (Å²) in [5, 5.41) is 11.4. The molecule has 2 heterocycles. The Hall–Kier alpha value is -2.69. The number of rotatable bonds is 2. The molecule has 0 spiro atoms. The lowest BCUT2D eigenvalue weighted by Crippen LogP contribution is -2.26. The van der Waals surface area contributed by atoms with E-state index >= 15 is 0 Å². The molecule has 2 aromatic heterocycles. The second-order valence-electron chi connectivity index (χ2n) is 3.66. The summed E-state index contributed by atoms with van der Waals surface area (Å²) in [6, 6.07) is 12.4. The number of aromatic nitrogens is 3. The molecule has 5 nitrogen and oxygen atoms in total. The molecule has 0 N–H and O–H groups in total. The molecular weight excluding hydrogens is 230 g/mol. The van der Waals surface area contributed by atoms with Gasteiger partial charge in [0, 0.05) is 6.07 Å². The molecule has 3 aromatic rings. The van der Waals surface area contributed by atoms with Crippen molar-refractivity contribution < 1.29 is 9.47 Å². The van der Waals surface area contributed by atoms with Crippen LogP contribution in [-0.4, -0.2) is 9.97 Å². The third-order valence-electron chi connectivity index (χ3n) is 2.42. The number of nitrogens with zero attached hydrogens (tertiary/aromatic N) is 3. The van der Waals surface area contributed by atoms with Gasteiger partial charge in [0.15, 0.2) is 6.20 Å². The summed E-state index contributed by atoms with van der Waals surface area (Å²) in [6.07, 6.45) is 2.86. The SMILES string of the molecule is [O-][n+]1ccccc1Oc1cnc2ccccc2n1. The lowest BCUT2D eigenvalue weighted by molar-refractivity contribution is -0.611. The third-order valence-corrected chi connectivity index (χ3v) is 2.42. The fourth-order valence-corrected chi connectivity index (χ4v) is 1.59. The van der Waals surface area contributed by atoms with E-state index in [0.717, 1.165) is 11.0 Å². The molecule has 0 unspecified atom stereocenters. The predicted octanol–water partition coefficient (Wildman–Crippen LogP) is 2.06. The fourth-order valence-electron chi connectivity index (χ4n) is 1.59. The number of hydrogen-bond acceptors (Lipinski definition) is 4. The van der Waals surface area contributed by atoms with E-state index in [1.54, 1.807) is 18.2 Å². The summed E-state index contributed by atoms with van der Waals surface area (Å²) in [7, 11) is 0. The highest BCUT2D eigenvalue weighted by atomic mass is 16.6. The Kier molecular flexibility index (Phi) is 2.49. The molecule has 0 fully saturated rings. The van der Waals surface area contributed by atoms with Crippen molar-refractivity contribution in [3.05, 3.63) is 60.1 Å². The molecule has 0 atom stereocenters. The van der Waals surface area contributed by atoms with E-state index in [2.05, 4.69) is 9.97 Å². The number of fused-ring (bicyclic) bond motifs is 1. The van der Waals surface area contributed by atoms with Gasteiger partial charge in [0.25, 0.3) is 0 Å². The second kappa shape index (κ2) is 4.29. The number of para-hydroxylation sites is 2. The zero-order valence-electron chi connectivity index (χ0n) is 9.35. The van der Waals surface area contributed by atoms with E-state index < -0.39 is 0 Å². The van der Waals surface area contributed by atoms with E-state index in [-0.39, 0.29) is 5.88 Å². The number of pyridine rings is 1. The lowest BCUT2D eigenvalue weighted by atomic mass is 10.3. The van der Waals surface area contributed by atoms with Crippen molar-refractivity contribution in [1.29, 1.82) is 0 Å². The highest BCUT2D eigenvalue weighted by molar-refractivity contribution is 5.73. The quantitative estimate of drug-likeness (QED) is 0.507. The van der Waals surface area contributed by atoms with Gasteiger partial charge in [0.2, 0.25) is 5.88 Å². The zero-order chi connectivity index (χ0) is 12.4. The maximum absolute atomic E-state index is 11.4. The molecule has 0 aliphatic heterocycles. The van der Waals surface area contributed by atoms with Crippen molar-refractivity contribution in [2.45, 2.75) is 0 Å². The van der Waals surface area contributed by atoms with Crippen LogP contribution in [0.1, 0.15) is 0 Å². The van der Waals surface area contributed by atoms with Gasteiger partial charge in [0.05, 0.1) is 23.3 Å². The summed E-state index contributed by atoms with van der Waals surface area (Å²) < 4.78 is 6.03. The van der Waals surface area contributed by atoms with Crippen molar-refractivity contribution in [2.75, 3.05) is 0 Å². The van der Waals surface area contributed by atoms with Crippen LogP contribution in [0.4, 0.5) is 0 Å². The van der Waals surface area contributed by atoms with Crippen molar-refractivity contribution in [3.8, 4) is 11.8 Å². The first-order valence-electron chi connectivity index (χ1n) is 5.41. The minimum atomic E-state index is 0.169. The maximum atomic E-state index is 11.4. The molecule has 5 heteroatoms. The van der Waals surface area contributed by atoms with Crippen LogP contribution >= 0.6 is 0 Å². The molecule has 0 bridgehead atoms. The average Bonchev–Trinajstić information content (AvgIpc) is 2.41. The minimum absolute atomic E-state index is 0.169. The molecule has 3 rings (SSSR count). The standard InChI is InChI=1S/C13H9N3O2/c17-16-8-4-3-7-13(16)18-12-9-14-10-5-1-2-6-11(10)15-12/h1-9H. The minimum Gasteiger partial charge on any atom is -0.616 e. The summed E-state index contributed by atoms with van der Waals surface area (Å²) in [5.41, 5.74) is 1.51. The zero-order valence-corrected chi connectivity index (χ0v) is 9.35. The van der Waals surface area contributed by atoms with Gasteiger partial charge in [-0.05, 0) is 18.2 Å². The Morgan fingerprint density at radius 3 is 2.61 bits per heavy atom. The van der Waals surface area contributed by atoms with E-state index in [9.17, 15) is 5.21 Å². The second-order valence-corrected chi connectivity index (χ2v) is 3.66. The maximum Gasteiger partial charge on any atom is 0.386 e. The Morgan fingerprint density at radius 2 is 1.78 bits per heavy atom. The molecule has 0 aliphatic carbocycles. The average molecular weight is 239 g/mol. The Labute approximate surface area is 103 Å². The van der Waals surface area contributed by atoms with Crippen LogP contribution < -0.4 is 9.47 Å². The van der Waals surface area contributed by atoms with E-state index in [0.29, 0.717) is 10.6 Å². The van der Waals surface area contributed by atoms with Crippen LogP contribution in [0.2, 0.25) is 0 Å². The first-order chi connectivity index (χ1) is 8.83. The van der Waals surface area contributed by atoms with E-state index in [1.165, 1.54) is 12.4 Å². The number of hydrogen-bond donors (Lipinski definition) is 0. The lowest BCUT2D eigenvalue weighted by Gasteiger charge is -2.04. The monoisotopic (exact) mass is 239 g/mol. The van der Waals surface area contributed by atoms with Crippen LogP contribution in [0.5, 0.6) is 11.8 Å². The summed E-state index contributed by atoms with van der Waals surface area (Å²) in [5.74, 6) is 0.464. The molecule has 0 aliphatic rings. The van der Waals surface area contributed by atoms with Gasteiger partial charge >= 0.3 is 5.88 Å². The summed E-state index contributed by atoms with van der Waals surface area (Å²) in [6.45, 7) is 0. The van der Waals surface area contributed by atoms with Crippen LogP contribution in [0.15, 0.2) is 54.9 Å². The molecule has 88 valence electrons. The molecule has 0 saturated carbocycles. The van der Waals surface area contributed by atoms with Crippen LogP contribution in [0.25, 0.3) is 11.0 Å². The van der Waals surface area contributed by atoms with Crippen molar-refractivity contribution in [1.82, 2.24) is 9.97 Å². The van der Waals surface area contributed by atoms with Gasteiger partial charge in [-0.15, -0.1) is 4.73 Å². The van der Waals surface area contributed by atoms with Crippen LogP contribution in [0.3, 0.4) is 0 Å². The van der Waals surface area contributed by atoms with Crippen LogP contribution in [0, 0.1) is 5.21 Å². The normalized spacial score (nSPS) is 10.4. The summed E-state index contributed by atoms with van der Waals surface area (Å²) in [4.78, 5) is 8.48. The first kappa shape index (κ1) is 10.5. The first-order valence-corrected chi connectivity index (χ1v) is 5.41. The van der Waals surface area contributed by atoms with Gasteiger partial charge in [-0.1, -0.05) is 12.1 Å². The third kappa shape index (κ3) is 1.93. The van der Waals surface area contributed by atoms with Gasteiger partial charge < -0.3 is 9.94 Å². The highest BCUT2D eigenvalue weighted by Gasteiger charge is 2.08. The number of benzene rings is 1. The van der Waals surface area contributed by atoms with Gasteiger partial charge in [-0.2, -0.15) is 0 Å². The molecule has 1 aromatic carbocycles. The molecule has 18 heavy (non-hydrogen) atoms. The van der Waals surface area contributed by atoms with Crippen LogP contribution in [-0.2, 0) is 0 Å². The molecule has 0 radical (unpaired) electrons. The molecule has 0 saturated heterocycles. The van der Waals surface area contributed by atoms with E-state index in [4.69, 9.17) is 4.74 Å². The topological polar surface area (TPSA) is 62.0 Å². The Balaban J connectivity index is 1.98. The van der Waals surface area contributed by atoms with Gasteiger partial charge in [0.1, 0.15) is 0 Å². The highest BCUT2D eigenvalue weighted by Crippen LogP contribution is 2.17. The van der Waals surface area contributed by atoms with Crippen molar-refractivity contribution >= 4 is 11.0 Å². The smallest absolute Gasteiger partial charge is 0.386 e. The largest absolute Gasteiger partial charge is 0.616 e. The molecule has 0 amide bonds. The predicted molar refractivity (Wildman–Crippen MR) is 65.0 cm³/mol. The molecular formula is C13H9N3O2.